The minimum Gasteiger partial charge on any atom is -0.103 e. The van der Waals surface area contributed by atoms with Gasteiger partial charge in [-0.15, -0.1) is 13.2 Å². The monoisotopic (exact) mass is 262 g/mol. The van der Waals surface area contributed by atoms with E-state index < -0.39 is 0 Å². The molecule has 0 aliphatic carbocycles. The van der Waals surface area contributed by atoms with Crippen LogP contribution in [0.15, 0.2) is 37.0 Å². The van der Waals surface area contributed by atoms with Crippen molar-refractivity contribution >= 4 is 0 Å². The fourth-order valence-corrected chi connectivity index (χ4v) is 2.40. The van der Waals surface area contributed by atoms with E-state index in [1.807, 2.05) is 12.2 Å². The van der Waals surface area contributed by atoms with E-state index in [1.165, 1.54) is 77.0 Å². The molecule has 0 aromatic heterocycles. The normalized spacial score (nSPS) is 10.2. The van der Waals surface area contributed by atoms with Crippen LogP contribution in [0.2, 0.25) is 0 Å². The number of hydrogen-bond donors (Lipinski definition) is 0. The lowest BCUT2D eigenvalue weighted by Gasteiger charge is -2.07. The molecule has 0 amide bonds. The Morgan fingerprint density at radius 3 is 1.47 bits per heavy atom. The first-order chi connectivity index (χ1) is 9.35. The molecule has 0 fully saturated rings. The van der Waals surface area contributed by atoms with Gasteiger partial charge in [0.15, 0.2) is 0 Å². The van der Waals surface area contributed by atoms with Gasteiger partial charge in [-0.05, 0) is 58.3 Å². The Balaban J connectivity index is 3.40. The SMILES string of the molecule is C=CCCCCCCC(=CC)CCCCCCC=C. The number of rotatable bonds is 14. The lowest BCUT2D eigenvalue weighted by molar-refractivity contribution is 0.610. The van der Waals surface area contributed by atoms with Gasteiger partial charge in [0.25, 0.3) is 0 Å². The fraction of sp³-hybridized carbons (Fsp3) is 0.684. The summed E-state index contributed by atoms with van der Waals surface area (Å²) >= 11 is 0. The van der Waals surface area contributed by atoms with Crippen LogP contribution in [0, 0.1) is 0 Å². The Labute approximate surface area is 121 Å². The van der Waals surface area contributed by atoms with Crippen molar-refractivity contribution < 1.29 is 0 Å². The van der Waals surface area contributed by atoms with Crippen LogP contribution in [-0.4, -0.2) is 0 Å². The van der Waals surface area contributed by atoms with Crippen LogP contribution >= 0.6 is 0 Å². The predicted octanol–water partition coefficient (Wildman–Crippen LogP) is 6.99. The minimum absolute atomic E-state index is 1.18. The maximum atomic E-state index is 3.77. The maximum absolute atomic E-state index is 3.77. The summed E-state index contributed by atoms with van der Waals surface area (Å²) in [6.07, 6.45) is 22.3. The molecular weight excluding hydrogens is 228 g/mol. The average molecular weight is 262 g/mol. The molecule has 0 saturated heterocycles. The van der Waals surface area contributed by atoms with E-state index in [9.17, 15) is 0 Å². The molecule has 0 unspecified atom stereocenters. The van der Waals surface area contributed by atoms with Gasteiger partial charge in [0.05, 0.1) is 0 Å². The predicted molar refractivity (Wildman–Crippen MR) is 89.6 cm³/mol. The zero-order valence-corrected chi connectivity index (χ0v) is 13.1. The van der Waals surface area contributed by atoms with E-state index in [1.54, 1.807) is 5.57 Å². The van der Waals surface area contributed by atoms with Crippen molar-refractivity contribution in [3.8, 4) is 0 Å². The van der Waals surface area contributed by atoms with E-state index in [2.05, 4.69) is 26.2 Å². The average Bonchev–Trinajstić information content (AvgIpc) is 2.44. The minimum atomic E-state index is 1.18. The Morgan fingerprint density at radius 1 is 0.684 bits per heavy atom. The van der Waals surface area contributed by atoms with E-state index in [0.717, 1.165) is 0 Å². The summed E-state index contributed by atoms with van der Waals surface area (Å²) in [5.74, 6) is 0. The molecule has 0 aliphatic rings. The molecule has 0 spiro atoms. The number of allylic oxidation sites excluding steroid dienone is 4. The van der Waals surface area contributed by atoms with Gasteiger partial charge in [-0.3, -0.25) is 0 Å². The van der Waals surface area contributed by atoms with Crippen molar-refractivity contribution in [1.82, 2.24) is 0 Å². The highest BCUT2D eigenvalue weighted by molar-refractivity contribution is 4.99. The van der Waals surface area contributed by atoms with Gasteiger partial charge in [0.1, 0.15) is 0 Å². The molecule has 0 radical (unpaired) electrons. The van der Waals surface area contributed by atoms with Gasteiger partial charge in [0, 0.05) is 0 Å². The second-order valence-corrected chi connectivity index (χ2v) is 5.43. The van der Waals surface area contributed by atoms with Crippen LogP contribution < -0.4 is 0 Å². The standard InChI is InChI=1S/C19H34/c1-4-7-9-11-13-15-17-19(6-3)18-16-14-12-10-8-5-2/h4-6H,1-2,7-18H2,3H3. The molecular formula is C19H34. The van der Waals surface area contributed by atoms with Crippen molar-refractivity contribution in [3.63, 3.8) is 0 Å². The van der Waals surface area contributed by atoms with Crippen LogP contribution in [0.4, 0.5) is 0 Å². The summed E-state index contributed by atoms with van der Waals surface area (Å²) in [5, 5.41) is 0. The van der Waals surface area contributed by atoms with Crippen molar-refractivity contribution in [2.24, 2.45) is 0 Å². The van der Waals surface area contributed by atoms with Gasteiger partial charge in [-0.25, -0.2) is 0 Å². The van der Waals surface area contributed by atoms with Gasteiger partial charge in [-0.2, -0.15) is 0 Å². The van der Waals surface area contributed by atoms with Crippen LogP contribution in [0.25, 0.3) is 0 Å². The third-order valence-electron chi connectivity index (χ3n) is 3.72. The Kier molecular flexibility index (Phi) is 14.7. The van der Waals surface area contributed by atoms with Crippen molar-refractivity contribution in [3.05, 3.63) is 37.0 Å². The highest BCUT2D eigenvalue weighted by Gasteiger charge is 1.98. The van der Waals surface area contributed by atoms with E-state index in [0.29, 0.717) is 0 Å². The largest absolute Gasteiger partial charge is 0.103 e. The Morgan fingerprint density at radius 2 is 1.11 bits per heavy atom. The zero-order chi connectivity index (χ0) is 14.2. The summed E-state index contributed by atoms with van der Waals surface area (Å²) < 4.78 is 0. The van der Waals surface area contributed by atoms with Gasteiger partial charge in [0.2, 0.25) is 0 Å². The molecule has 0 N–H and O–H groups in total. The summed E-state index contributed by atoms with van der Waals surface area (Å²) in [7, 11) is 0. The van der Waals surface area contributed by atoms with Crippen molar-refractivity contribution in [1.29, 1.82) is 0 Å². The molecule has 0 heteroatoms. The lowest BCUT2D eigenvalue weighted by Crippen LogP contribution is -1.87. The topological polar surface area (TPSA) is 0 Å². The molecule has 0 aliphatic heterocycles. The van der Waals surface area contributed by atoms with E-state index in [4.69, 9.17) is 0 Å². The first kappa shape index (κ1) is 18.2. The smallest absolute Gasteiger partial charge is 0.0320 e. The first-order valence-electron chi connectivity index (χ1n) is 8.21. The van der Waals surface area contributed by atoms with Crippen LogP contribution in [-0.2, 0) is 0 Å². The highest BCUT2D eigenvalue weighted by Crippen LogP contribution is 2.17. The summed E-state index contributed by atoms with van der Waals surface area (Å²) in [6, 6.07) is 0. The van der Waals surface area contributed by atoms with E-state index >= 15 is 0 Å². The lowest BCUT2D eigenvalue weighted by atomic mass is 10.00. The molecule has 0 nitrogen and oxygen atoms in total. The van der Waals surface area contributed by atoms with Crippen molar-refractivity contribution in [2.75, 3.05) is 0 Å². The Bertz CT molecular complexity index is 212. The molecule has 0 heterocycles. The molecule has 0 aromatic carbocycles. The second-order valence-electron chi connectivity index (χ2n) is 5.43. The Hall–Kier alpha value is -0.780. The fourth-order valence-electron chi connectivity index (χ4n) is 2.40. The van der Waals surface area contributed by atoms with Crippen LogP contribution in [0.3, 0.4) is 0 Å². The molecule has 110 valence electrons. The van der Waals surface area contributed by atoms with Crippen LogP contribution in [0.5, 0.6) is 0 Å². The van der Waals surface area contributed by atoms with Gasteiger partial charge in [-0.1, -0.05) is 49.5 Å². The van der Waals surface area contributed by atoms with Gasteiger partial charge >= 0.3 is 0 Å². The molecule has 0 bridgehead atoms. The number of unbranched alkanes of at least 4 members (excludes halogenated alkanes) is 8. The van der Waals surface area contributed by atoms with Gasteiger partial charge < -0.3 is 0 Å². The molecule has 19 heavy (non-hydrogen) atoms. The molecule has 0 atom stereocenters. The van der Waals surface area contributed by atoms with Crippen molar-refractivity contribution in [2.45, 2.75) is 84.0 Å². The first-order valence-corrected chi connectivity index (χ1v) is 8.21. The highest BCUT2D eigenvalue weighted by atomic mass is 14.0. The third kappa shape index (κ3) is 13.5. The molecule has 0 rings (SSSR count). The van der Waals surface area contributed by atoms with Crippen LogP contribution in [0.1, 0.15) is 84.0 Å². The second kappa shape index (κ2) is 15.3. The van der Waals surface area contributed by atoms with E-state index in [-0.39, 0.29) is 0 Å². The maximum Gasteiger partial charge on any atom is -0.0320 e. The number of hydrogen-bond acceptors (Lipinski definition) is 0. The third-order valence-corrected chi connectivity index (χ3v) is 3.72. The quantitative estimate of drug-likeness (QED) is 0.234. The summed E-state index contributed by atoms with van der Waals surface area (Å²) in [5.41, 5.74) is 1.67. The molecule has 0 saturated carbocycles. The summed E-state index contributed by atoms with van der Waals surface area (Å²) in [6.45, 7) is 9.73. The summed E-state index contributed by atoms with van der Waals surface area (Å²) in [4.78, 5) is 0. The zero-order valence-electron chi connectivity index (χ0n) is 13.1. The molecule has 0 aromatic rings.